The average molecular weight is 260 g/mol. The van der Waals surface area contributed by atoms with Gasteiger partial charge in [0, 0.05) is 5.56 Å². The molecule has 0 unspecified atom stereocenters. The molecule has 0 saturated heterocycles. The number of hydrogen-bond donors (Lipinski definition) is 2. The third-order valence-electron chi connectivity index (χ3n) is 2.07. The summed E-state index contributed by atoms with van der Waals surface area (Å²) >= 11 is 3.26. The molecule has 1 aromatic carbocycles. The summed E-state index contributed by atoms with van der Waals surface area (Å²) in [6.07, 6.45) is 0.612. The molecule has 0 spiro atoms. The third-order valence-corrected chi connectivity index (χ3v) is 2.81. The van der Waals surface area contributed by atoms with Crippen molar-refractivity contribution in [1.29, 1.82) is 0 Å². The lowest BCUT2D eigenvalue weighted by Crippen LogP contribution is -2.03. The summed E-state index contributed by atoms with van der Waals surface area (Å²) in [6.45, 7) is 0.680. The van der Waals surface area contributed by atoms with Crippen LogP contribution in [0.3, 0.4) is 0 Å². The maximum atomic E-state index is 9.75. The number of nitrogens with two attached hydrogens (primary N) is 1. The Hall–Kier alpha value is -0.940. The van der Waals surface area contributed by atoms with E-state index >= 15 is 0 Å². The van der Waals surface area contributed by atoms with Crippen molar-refractivity contribution in [2.75, 3.05) is 13.3 Å². The molecule has 0 bridgehead atoms. The molecule has 0 atom stereocenters. The van der Waals surface area contributed by atoms with E-state index in [0.29, 0.717) is 28.9 Å². The van der Waals surface area contributed by atoms with Gasteiger partial charge >= 0.3 is 0 Å². The highest BCUT2D eigenvalue weighted by Crippen LogP contribution is 2.46. The Kier molecular flexibility index (Phi) is 2.52. The highest BCUT2D eigenvalue weighted by molar-refractivity contribution is 9.10. The number of hydrogen-bond acceptors (Lipinski definition) is 4. The van der Waals surface area contributed by atoms with Crippen LogP contribution in [0.2, 0.25) is 0 Å². The van der Waals surface area contributed by atoms with Gasteiger partial charge in [-0.05, 0) is 35.0 Å². The first-order valence-electron chi connectivity index (χ1n) is 4.24. The van der Waals surface area contributed by atoms with Gasteiger partial charge in [-0.25, -0.2) is 0 Å². The fourth-order valence-electron chi connectivity index (χ4n) is 1.39. The number of benzene rings is 1. The Morgan fingerprint density at radius 2 is 2.29 bits per heavy atom. The molecule has 0 fully saturated rings. The Balaban J connectivity index is 2.49. The van der Waals surface area contributed by atoms with Crippen LogP contribution in [0.5, 0.6) is 17.2 Å². The van der Waals surface area contributed by atoms with Gasteiger partial charge in [-0.2, -0.15) is 0 Å². The topological polar surface area (TPSA) is 64.7 Å². The molecule has 0 amide bonds. The molecule has 4 nitrogen and oxygen atoms in total. The van der Waals surface area contributed by atoms with Crippen LogP contribution in [-0.4, -0.2) is 18.4 Å². The minimum absolute atomic E-state index is 0.180. The SMILES string of the molecule is NCCc1cc2c(c(Br)c1O)OCO2. The first kappa shape index (κ1) is 9.61. The average Bonchev–Trinajstić information content (AvgIpc) is 2.62. The number of rotatable bonds is 2. The van der Waals surface area contributed by atoms with Crippen molar-refractivity contribution in [3.63, 3.8) is 0 Å². The lowest BCUT2D eigenvalue weighted by molar-refractivity contribution is 0.173. The van der Waals surface area contributed by atoms with Crippen molar-refractivity contribution < 1.29 is 14.6 Å². The molecule has 14 heavy (non-hydrogen) atoms. The molecule has 2 rings (SSSR count). The molecule has 1 heterocycles. The van der Waals surface area contributed by atoms with E-state index in [1.165, 1.54) is 0 Å². The lowest BCUT2D eigenvalue weighted by atomic mass is 10.1. The van der Waals surface area contributed by atoms with E-state index in [4.69, 9.17) is 15.2 Å². The third kappa shape index (κ3) is 1.42. The molecule has 76 valence electrons. The number of halogens is 1. The summed E-state index contributed by atoms with van der Waals surface area (Å²) in [5.74, 6) is 1.39. The summed E-state index contributed by atoms with van der Waals surface area (Å²) in [6, 6.07) is 1.76. The minimum Gasteiger partial charge on any atom is -0.506 e. The van der Waals surface area contributed by atoms with Crippen LogP contribution in [0.15, 0.2) is 10.5 Å². The van der Waals surface area contributed by atoms with E-state index in [0.717, 1.165) is 5.56 Å². The zero-order valence-electron chi connectivity index (χ0n) is 7.42. The van der Waals surface area contributed by atoms with E-state index in [1.54, 1.807) is 6.07 Å². The highest BCUT2D eigenvalue weighted by Gasteiger charge is 2.22. The van der Waals surface area contributed by atoms with Crippen molar-refractivity contribution >= 4 is 15.9 Å². The first-order valence-corrected chi connectivity index (χ1v) is 5.03. The van der Waals surface area contributed by atoms with Gasteiger partial charge in [0.05, 0.1) is 0 Å². The molecule has 1 aliphatic heterocycles. The van der Waals surface area contributed by atoms with Gasteiger partial charge in [0.1, 0.15) is 10.2 Å². The van der Waals surface area contributed by atoms with Crippen LogP contribution < -0.4 is 15.2 Å². The standard InChI is InChI=1S/C9H10BrNO3/c10-7-8(12)5(1-2-11)3-6-9(7)14-4-13-6/h3,12H,1-2,4,11H2. The van der Waals surface area contributed by atoms with Crippen LogP contribution in [0.1, 0.15) is 5.56 Å². The Morgan fingerprint density at radius 3 is 3.00 bits per heavy atom. The predicted octanol–water partition coefficient (Wildman–Crippen LogP) is 1.38. The van der Waals surface area contributed by atoms with Gasteiger partial charge in [-0.15, -0.1) is 0 Å². The summed E-state index contributed by atoms with van der Waals surface area (Å²) in [4.78, 5) is 0. The van der Waals surface area contributed by atoms with Gasteiger partial charge in [-0.3, -0.25) is 0 Å². The van der Waals surface area contributed by atoms with Crippen molar-refractivity contribution in [3.8, 4) is 17.2 Å². The van der Waals surface area contributed by atoms with Crippen molar-refractivity contribution in [2.24, 2.45) is 5.73 Å². The number of aromatic hydroxyl groups is 1. The van der Waals surface area contributed by atoms with E-state index in [1.807, 2.05) is 0 Å². The molecule has 1 aromatic rings. The van der Waals surface area contributed by atoms with E-state index in [9.17, 15) is 5.11 Å². The van der Waals surface area contributed by atoms with Crippen LogP contribution >= 0.6 is 15.9 Å². The molecule has 0 radical (unpaired) electrons. The Morgan fingerprint density at radius 1 is 1.50 bits per heavy atom. The normalized spacial score (nSPS) is 13.3. The van der Waals surface area contributed by atoms with Crippen LogP contribution in [0.25, 0.3) is 0 Å². The molecule has 0 saturated carbocycles. The lowest BCUT2D eigenvalue weighted by Gasteiger charge is -2.07. The molecule has 0 aliphatic carbocycles. The monoisotopic (exact) mass is 259 g/mol. The Bertz CT molecular complexity index is 368. The molecule has 0 aromatic heterocycles. The minimum atomic E-state index is 0.180. The second-order valence-corrected chi connectivity index (χ2v) is 3.76. The second-order valence-electron chi connectivity index (χ2n) is 2.97. The maximum Gasteiger partial charge on any atom is 0.231 e. The number of fused-ring (bicyclic) bond motifs is 1. The fourth-order valence-corrected chi connectivity index (χ4v) is 1.95. The number of phenolic OH excluding ortho intramolecular Hbond substituents is 1. The van der Waals surface area contributed by atoms with Gasteiger partial charge in [0.15, 0.2) is 11.5 Å². The maximum absolute atomic E-state index is 9.75. The fraction of sp³-hybridized carbons (Fsp3) is 0.333. The van der Waals surface area contributed by atoms with Crippen LogP contribution in [0, 0.1) is 0 Å². The molecule has 1 aliphatic rings. The van der Waals surface area contributed by atoms with Gasteiger partial charge in [-0.1, -0.05) is 0 Å². The van der Waals surface area contributed by atoms with E-state index < -0.39 is 0 Å². The zero-order chi connectivity index (χ0) is 10.1. The summed E-state index contributed by atoms with van der Waals surface area (Å²) in [7, 11) is 0. The van der Waals surface area contributed by atoms with E-state index in [-0.39, 0.29) is 12.5 Å². The van der Waals surface area contributed by atoms with Crippen LogP contribution in [0.4, 0.5) is 0 Å². The van der Waals surface area contributed by atoms with Crippen molar-refractivity contribution in [2.45, 2.75) is 6.42 Å². The predicted molar refractivity (Wildman–Crippen MR) is 54.7 cm³/mol. The highest BCUT2D eigenvalue weighted by atomic mass is 79.9. The van der Waals surface area contributed by atoms with Gasteiger partial charge in [0.25, 0.3) is 0 Å². The van der Waals surface area contributed by atoms with Crippen molar-refractivity contribution in [3.05, 3.63) is 16.1 Å². The summed E-state index contributed by atoms with van der Waals surface area (Å²) in [5.41, 5.74) is 6.19. The van der Waals surface area contributed by atoms with Crippen molar-refractivity contribution in [1.82, 2.24) is 0 Å². The Labute approximate surface area is 89.7 Å². The second kappa shape index (κ2) is 3.67. The molecule has 5 heteroatoms. The molecule has 3 N–H and O–H groups in total. The van der Waals surface area contributed by atoms with Gasteiger partial charge in [0.2, 0.25) is 6.79 Å². The largest absolute Gasteiger partial charge is 0.506 e. The zero-order valence-corrected chi connectivity index (χ0v) is 9.00. The van der Waals surface area contributed by atoms with Gasteiger partial charge < -0.3 is 20.3 Å². The molecular weight excluding hydrogens is 250 g/mol. The quantitative estimate of drug-likeness (QED) is 0.843. The first-order chi connectivity index (χ1) is 6.74. The summed E-state index contributed by atoms with van der Waals surface area (Å²) < 4.78 is 10.9. The van der Waals surface area contributed by atoms with Crippen LogP contribution in [-0.2, 0) is 6.42 Å². The molecular formula is C9H10BrNO3. The number of ether oxygens (including phenoxy) is 2. The number of phenols is 1. The summed E-state index contributed by atoms with van der Waals surface area (Å²) in [5, 5.41) is 9.75. The smallest absolute Gasteiger partial charge is 0.231 e. The van der Waals surface area contributed by atoms with E-state index in [2.05, 4.69) is 15.9 Å².